The van der Waals surface area contributed by atoms with Crippen molar-refractivity contribution in [3.05, 3.63) is 84.1 Å². The molecule has 1 atom stereocenters. The Balaban J connectivity index is 1.67. The van der Waals surface area contributed by atoms with Crippen molar-refractivity contribution >= 4 is 22.7 Å². The molecule has 0 saturated heterocycles. The van der Waals surface area contributed by atoms with Gasteiger partial charge in [-0.1, -0.05) is 31.5 Å². The first-order valence-corrected chi connectivity index (χ1v) is 12.5. The molecule has 7 nitrogen and oxygen atoms in total. The zero-order valence-corrected chi connectivity index (χ0v) is 21.4. The van der Waals surface area contributed by atoms with Crippen LogP contribution in [0.2, 0.25) is 0 Å². The number of amides is 2. The first-order chi connectivity index (χ1) is 17.3. The summed E-state index contributed by atoms with van der Waals surface area (Å²) >= 11 is 0. The fourth-order valence-corrected chi connectivity index (χ4v) is 5.10. The third kappa shape index (κ3) is 4.08. The molecular formula is C29H33N5O2. The van der Waals surface area contributed by atoms with Crippen molar-refractivity contribution in [3.63, 3.8) is 0 Å². The second-order valence-electron chi connectivity index (χ2n) is 10.4. The summed E-state index contributed by atoms with van der Waals surface area (Å²) in [5.74, 6) is 0.177. The highest BCUT2D eigenvalue weighted by atomic mass is 16.2. The van der Waals surface area contributed by atoms with E-state index in [0.717, 1.165) is 34.1 Å². The molecule has 1 aliphatic rings. The van der Waals surface area contributed by atoms with Crippen LogP contribution in [0.15, 0.2) is 67.3 Å². The lowest BCUT2D eigenvalue weighted by Gasteiger charge is -2.44. The number of nitrogens with one attached hydrogen (secondary N) is 1. The fourth-order valence-electron chi connectivity index (χ4n) is 5.10. The predicted octanol–water partition coefficient (Wildman–Crippen LogP) is 4.71. The van der Waals surface area contributed by atoms with Gasteiger partial charge in [0.05, 0.1) is 17.7 Å². The number of pyridine rings is 1. The molecular weight excluding hydrogens is 450 g/mol. The maximum Gasteiger partial charge on any atom is 0.273 e. The van der Waals surface area contributed by atoms with Crippen molar-refractivity contribution in [2.45, 2.75) is 52.7 Å². The van der Waals surface area contributed by atoms with E-state index in [1.807, 2.05) is 52.7 Å². The lowest BCUT2D eigenvalue weighted by molar-refractivity contribution is -0.133. The van der Waals surface area contributed by atoms with Crippen LogP contribution < -0.4 is 5.32 Å². The molecule has 5 rings (SSSR count). The molecule has 7 heteroatoms. The van der Waals surface area contributed by atoms with Gasteiger partial charge in [-0.05, 0) is 62.1 Å². The summed E-state index contributed by atoms with van der Waals surface area (Å²) in [6.45, 7) is 9.44. The quantitative estimate of drug-likeness (QED) is 0.414. The normalized spacial score (nSPS) is 17.6. The monoisotopic (exact) mass is 483 g/mol. The van der Waals surface area contributed by atoms with Gasteiger partial charge in [-0.3, -0.25) is 14.6 Å². The average Bonchev–Trinajstić information content (AvgIpc) is 3.48. The van der Waals surface area contributed by atoms with Crippen molar-refractivity contribution in [1.29, 1.82) is 0 Å². The zero-order valence-electron chi connectivity index (χ0n) is 21.4. The summed E-state index contributed by atoms with van der Waals surface area (Å²) in [5.41, 5.74) is 3.34. The Hall–Kier alpha value is -3.87. The summed E-state index contributed by atoms with van der Waals surface area (Å²) in [6.07, 6.45) is 8.27. The number of hydrogen-bond acceptors (Lipinski definition) is 3. The summed E-state index contributed by atoms with van der Waals surface area (Å²) < 4.78 is 4.04. The van der Waals surface area contributed by atoms with Crippen LogP contribution in [0.4, 0.5) is 0 Å². The lowest BCUT2D eigenvalue weighted by atomic mass is 9.93. The molecule has 4 aromatic rings. The number of benzene rings is 1. The molecule has 1 N–H and O–H groups in total. The number of aryl methyl sites for hydroxylation is 1. The van der Waals surface area contributed by atoms with Crippen LogP contribution >= 0.6 is 0 Å². The first-order valence-electron chi connectivity index (χ1n) is 12.5. The number of rotatable bonds is 7. The van der Waals surface area contributed by atoms with Gasteiger partial charge in [0.1, 0.15) is 11.2 Å². The van der Waals surface area contributed by atoms with Crippen LogP contribution in [0.1, 0.15) is 48.8 Å². The molecule has 1 aliphatic heterocycles. The van der Waals surface area contributed by atoms with Crippen LogP contribution in [-0.4, -0.2) is 42.9 Å². The fraction of sp³-hybridized carbons (Fsp3) is 0.345. The van der Waals surface area contributed by atoms with E-state index in [2.05, 4.69) is 49.3 Å². The van der Waals surface area contributed by atoms with E-state index in [1.165, 1.54) is 0 Å². The largest absolute Gasteiger partial charge is 0.354 e. The van der Waals surface area contributed by atoms with Crippen LogP contribution in [-0.2, 0) is 17.9 Å². The topological polar surface area (TPSA) is 72.2 Å². The van der Waals surface area contributed by atoms with Gasteiger partial charge in [-0.2, -0.15) is 0 Å². The number of carbonyl (C=O) groups excluding carboxylic acids is 2. The van der Waals surface area contributed by atoms with Crippen molar-refractivity contribution in [3.8, 4) is 5.69 Å². The Morgan fingerprint density at radius 3 is 2.64 bits per heavy atom. The minimum absolute atomic E-state index is 0.137. The third-order valence-corrected chi connectivity index (χ3v) is 7.12. The SMILES string of the molecule is Cc1ccc2c(c1)c(-n1cccc1)c1n2CC(C)(C(=O)NCCC(C)C)N(Cc2cccnc2)C1=O. The smallest absolute Gasteiger partial charge is 0.273 e. The summed E-state index contributed by atoms with van der Waals surface area (Å²) in [7, 11) is 0. The average molecular weight is 484 g/mol. The predicted molar refractivity (Wildman–Crippen MR) is 141 cm³/mol. The highest BCUT2D eigenvalue weighted by Crippen LogP contribution is 2.38. The zero-order chi connectivity index (χ0) is 25.4. The van der Waals surface area contributed by atoms with E-state index >= 15 is 0 Å². The van der Waals surface area contributed by atoms with Crippen LogP contribution in [0.25, 0.3) is 16.6 Å². The molecule has 4 heterocycles. The summed E-state index contributed by atoms with van der Waals surface area (Å²) in [6, 6.07) is 13.9. The van der Waals surface area contributed by atoms with E-state index in [4.69, 9.17) is 0 Å². The van der Waals surface area contributed by atoms with E-state index in [-0.39, 0.29) is 11.8 Å². The molecule has 0 bridgehead atoms. The maximum atomic E-state index is 14.4. The Labute approximate surface area is 211 Å². The highest BCUT2D eigenvalue weighted by Gasteiger charge is 2.49. The standard InChI is InChI=1S/C29H33N5O2/c1-20(2)11-13-31-28(36)29(4)19-33-24-10-9-21(3)16-23(24)25(32-14-5-6-15-32)26(33)27(35)34(29)18-22-8-7-12-30-17-22/h5-10,12,14-17,20H,11,13,18-19H2,1-4H3,(H,31,36). The second kappa shape index (κ2) is 9.30. The van der Waals surface area contributed by atoms with Gasteiger partial charge in [-0.15, -0.1) is 0 Å². The number of carbonyl (C=O) groups is 2. The lowest BCUT2D eigenvalue weighted by Crippen LogP contribution is -2.63. The molecule has 36 heavy (non-hydrogen) atoms. The molecule has 0 aliphatic carbocycles. The molecule has 2 amide bonds. The molecule has 0 spiro atoms. The number of nitrogens with zero attached hydrogens (tertiary/aromatic N) is 4. The minimum Gasteiger partial charge on any atom is -0.354 e. The van der Waals surface area contributed by atoms with Crippen molar-refractivity contribution in [2.24, 2.45) is 5.92 Å². The minimum atomic E-state index is -1.07. The molecule has 1 aromatic carbocycles. The highest BCUT2D eigenvalue weighted by molar-refractivity contribution is 6.09. The van der Waals surface area contributed by atoms with E-state index in [9.17, 15) is 9.59 Å². The van der Waals surface area contributed by atoms with Crippen molar-refractivity contribution in [2.75, 3.05) is 6.54 Å². The Bertz CT molecular complexity index is 1400. The molecule has 1 unspecified atom stereocenters. The van der Waals surface area contributed by atoms with Crippen LogP contribution in [0, 0.1) is 12.8 Å². The molecule has 186 valence electrons. The van der Waals surface area contributed by atoms with E-state index < -0.39 is 5.54 Å². The van der Waals surface area contributed by atoms with Crippen molar-refractivity contribution in [1.82, 2.24) is 24.3 Å². The number of aromatic nitrogens is 3. The van der Waals surface area contributed by atoms with Gasteiger partial charge in [0.25, 0.3) is 5.91 Å². The Morgan fingerprint density at radius 2 is 1.94 bits per heavy atom. The van der Waals surface area contributed by atoms with Gasteiger partial charge in [0.2, 0.25) is 5.91 Å². The van der Waals surface area contributed by atoms with Crippen LogP contribution in [0.3, 0.4) is 0 Å². The van der Waals surface area contributed by atoms with E-state index in [0.29, 0.717) is 31.2 Å². The molecule has 3 aromatic heterocycles. The first kappa shape index (κ1) is 23.9. The van der Waals surface area contributed by atoms with Gasteiger partial charge >= 0.3 is 0 Å². The van der Waals surface area contributed by atoms with Gasteiger partial charge in [-0.25, -0.2) is 0 Å². The van der Waals surface area contributed by atoms with E-state index in [1.54, 1.807) is 17.3 Å². The Kier molecular flexibility index (Phi) is 6.16. The summed E-state index contributed by atoms with van der Waals surface area (Å²) in [5, 5.41) is 4.12. The Morgan fingerprint density at radius 1 is 1.17 bits per heavy atom. The second-order valence-corrected chi connectivity index (χ2v) is 10.4. The molecule has 0 radical (unpaired) electrons. The number of hydrogen-bond donors (Lipinski definition) is 1. The maximum absolute atomic E-state index is 14.4. The van der Waals surface area contributed by atoms with Gasteiger partial charge < -0.3 is 19.4 Å². The van der Waals surface area contributed by atoms with Crippen LogP contribution in [0.5, 0.6) is 0 Å². The van der Waals surface area contributed by atoms with Crippen molar-refractivity contribution < 1.29 is 9.59 Å². The number of fused-ring (bicyclic) bond motifs is 3. The molecule has 0 fully saturated rings. The molecule has 0 saturated carbocycles. The third-order valence-electron chi connectivity index (χ3n) is 7.12. The van der Waals surface area contributed by atoms with Gasteiger partial charge in [0, 0.05) is 43.3 Å². The van der Waals surface area contributed by atoms with Gasteiger partial charge in [0.15, 0.2) is 0 Å². The summed E-state index contributed by atoms with van der Waals surface area (Å²) in [4.78, 5) is 34.1.